The zero-order chi connectivity index (χ0) is 16.6. The largest absolute Gasteiger partial charge is 0.472 e. The molecule has 126 valence electrons. The van der Waals surface area contributed by atoms with Crippen molar-refractivity contribution in [2.75, 3.05) is 20.0 Å². The Hall–Kier alpha value is -1.58. The van der Waals surface area contributed by atoms with Crippen LogP contribution in [0.15, 0.2) is 12.7 Å². The molecule has 2 aromatic rings. The van der Waals surface area contributed by atoms with Crippen LogP contribution in [-0.2, 0) is 18.3 Å². The third-order valence-corrected chi connectivity index (χ3v) is 5.00. The molecule has 0 bridgehead atoms. The lowest BCUT2D eigenvalue weighted by Crippen LogP contribution is -2.24. The zero-order valence-corrected chi connectivity index (χ0v) is 13.6. The Morgan fingerprint density at radius 1 is 1.30 bits per heavy atom. The predicted molar refractivity (Wildman–Crippen MR) is 80.5 cm³/mol. The average molecular weight is 343 g/mol. The number of hydrogen-bond donors (Lipinski definition) is 2. The molecule has 1 unspecified atom stereocenters. The third-order valence-electron chi connectivity index (χ3n) is 4.01. The fourth-order valence-electron chi connectivity index (χ4n) is 2.87. The smallest absolute Gasteiger partial charge is 0.382 e. The number of imidazole rings is 1. The molecule has 2 aromatic heterocycles. The van der Waals surface area contributed by atoms with E-state index < -0.39 is 13.9 Å². The normalized spacial score (nSPS) is 27.3. The Kier molecular flexibility index (Phi) is 4.35. The number of fused-ring (bicyclic) bond motifs is 1. The van der Waals surface area contributed by atoms with Crippen LogP contribution in [0.1, 0.15) is 18.9 Å². The topological polar surface area (TPSA) is 135 Å². The summed E-state index contributed by atoms with van der Waals surface area (Å²) in [6.07, 6.45) is 3.14. The Morgan fingerprint density at radius 3 is 2.74 bits per heavy atom. The molecule has 0 amide bonds. The minimum Gasteiger partial charge on any atom is -0.382 e. The van der Waals surface area contributed by atoms with E-state index in [1.807, 2.05) is 4.57 Å². The molecule has 0 radical (unpaired) electrons. The molecule has 0 aliphatic heterocycles. The summed E-state index contributed by atoms with van der Waals surface area (Å²) in [5, 5.41) is 0. The number of nitrogens with zero attached hydrogens (tertiary/aromatic N) is 4. The highest BCUT2D eigenvalue weighted by molar-refractivity contribution is 7.47. The van der Waals surface area contributed by atoms with Crippen molar-refractivity contribution >= 4 is 24.8 Å². The van der Waals surface area contributed by atoms with Crippen molar-refractivity contribution in [3.8, 4) is 0 Å². The van der Waals surface area contributed by atoms with Gasteiger partial charge in [0.25, 0.3) is 0 Å². The van der Waals surface area contributed by atoms with Crippen LogP contribution in [0.4, 0.5) is 5.82 Å². The molecule has 11 heteroatoms. The molecule has 1 saturated carbocycles. The van der Waals surface area contributed by atoms with Gasteiger partial charge in [0, 0.05) is 20.3 Å². The maximum atomic E-state index is 11.6. The molecule has 4 atom stereocenters. The number of phosphoric ester groups is 1. The first-order valence-electron chi connectivity index (χ1n) is 6.98. The lowest BCUT2D eigenvalue weighted by molar-refractivity contribution is 0.00564. The minimum absolute atomic E-state index is 0.0545. The van der Waals surface area contributed by atoms with Gasteiger partial charge in [-0.1, -0.05) is 0 Å². The van der Waals surface area contributed by atoms with Gasteiger partial charge in [0.15, 0.2) is 11.5 Å². The molecule has 10 nitrogen and oxygen atoms in total. The first kappa shape index (κ1) is 16.3. The number of nitrogens with two attached hydrogens (primary N) is 1. The van der Waals surface area contributed by atoms with E-state index in [1.54, 1.807) is 6.33 Å². The SMILES string of the molecule is CO[C@H]1C[C@@H](n2cnc3c(N)ncnc32)C[C@@H]1OP(=O)(O)OC. The molecule has 1 aliphatic rings. The van der Waals surface area contributed by atoms with E-state index in [0.29, 0.717) is 29.8 Å². The fraction of sp³-hybridized carbons (Fsp3) is 0.583. The second kappa shape index (κ2) is 6.14. The molecular weight excluding hydrogens is 325 g/mol. The highest BCUT2D eigenvalue weighted by Crippen LogP contribution is 2.48. The van der Waals surface area contributed by atoms with Crippen LogP contribution < -0.4 is 5.73 Å². The third kappa shape index (κ3) is 3.08. The van der Waals surface area contributed by atoms with Crippen molar-refractivity contribution in [2.45, 2.75) is 31.1 Å². The monoisotopic (exact) mass is 343 g/mol. The Bertz CT molecular complexity index is 753. The number of ether oxygens (including phenoxy) is 1. The van der Waals surface area contributed by atoms with Crippen molar-refractivity contribution in [1.29, 1.82) is 0 Å². The van der Waals surface area contributed by atoms with Crippen LogP contribution >= 0.6 is 7.82 Å². The Labute approximate surface area is 132 Å². The van der Waals surface area contributed by atoms with Crippen molar-refractivity contribution < 1.29 is 23.2 Å². The number of rotatable bonds is 5. The van der Waals surface area contributed by atoms with E-state index in [4.69, 9.17) is 15.0 Å². The highest BCUT2D eigenvalue weighted by atomic mass is 31.2. The minimum atomic E-state index is -4.08. The molecule has 0 saturated heterocycles. The molecule has 0 spiro atoms. The first-order chi connectivity index (χ1) is 10.9. The molecule has 3 N–H and O–H groups in total. The number of aromatic nitrogens is 4. The van der Waals surface area contributed by atoms with Crippen LogP contribution in [0.25, 0.3) is 11.2 Å². The van der Waals surface area contributed by atoms with E-state index in [1.165, 1.54) is 13.4 Å². The lowest BCUT2D eigenvalue weighted by Gasteiger charge is -2.20. The lowest BCUT2D eigenvalue weighted by atomic mass is 10.2. The summed E-state index contributed by atoms with van der Waals surface area (Å²) in [4.78, 5) is 21.9. The van der Waals surface area contributed by atoms with Gasteiger partial charge in [-0.05, 0) is 12.8 Å². The van der Waals surface area contributed by atoms with E-state index >= 15 is 0 Å². The number of anilines is 1. The van der Waals surface area contributed by atoms with Crippen molar-refractivity contribution in [3.05, 3.63) is 12.7 Å². The quantitative estimate of drug-likeness (QED) is 0.759. The first-order valence-corrected chi connectivity index (χ1v) is 8.47. The number of methoxy groups -OCH3 is 1. The Balaban J connectivity index is 1.86. The number of hydrogen-bond acceptors (Lipinski definition) is 8. The number of phosphoric acid groups is 1. The summed E-state index contributed by atoms with van der Waals surface area (Å²) in [6.45, 7) is 0. The van der Waals surface area contributed by atoms with Gasteiger partial charge in [0.1, 0.15) is 11.8 Å². The summed E-state index contributed by atoms with van der Waals surface area (Å²) in [5.74, 6) is 0.307. The number of nitrogen functional groups attached to an aromatic ring is 1. The standard InChI is InChI=1S/C12H18N5O5P/c1-20-8-3-7(4-9(8)22-23(18,19)21-2)17-6-16-10-11(13)14-5-15-12(10)17/h5-9H,3-4H2,1-2H3,(H,18,19)(H2,13,14,15)/t7-,8+,9+/m1/s1. The van der Waals surface area contributed by atoms with Gasteiger partial charge >= 0.3 is 7.82 Å². The second-order valence-electron chi connectivity index (χ2n) is 5.28. The fourth-order valence-corrected chi connectivity index (χ4v) is 3.52. The van der Waals surface area contributed by atoms with E-state index in [9.17, 15) is 9.46 Å². The zero-order valence-electron chi connectivity index (χ0n) is 12.7. The maximum absolute atomic E-state index is 11.6. The van der Waals surface area contributed by atoms with Gasteiger partial charge in [-0.2, -0.15) is 0 Å². The summed E-state index contributed by atoms with van der Waals surface area (Å²) in [7, 11) is -1.43. The van der Waals surface area contributed by atoms with Crippen LogP contribution in [0.2, 0.25) is 0 Å². The van der Waals surface area contributed by atoms with Crippen LogP contribution in [0, 0.1) is 0 Å². The van der Waals surface area contributed by atoms with E-state index in [0.717, 1.165) is 7.11 Å². The van der Waals surface area contributed by atoms with Crippen LogP contribution in [-0.4, -0.2) is 50.8 Å². The molecule has 1 aliphatic carbocycles. The summed E-state index contributed by atoms with van der Waals surface area (Å²) in [6, 6.07) is -0.0545. The second-order valence-corrected chi connectivity index (χ2v) is 6.79. The Morgan fingerprint density at radius 2 is 2.04 bits per heavy atom. The van der Waals surface area contributed by atoms with Crippen molar-refractivity contribution in [3.63, 3.8) is 0 Å². The average Bonchev–Trinajstić information content (AvgIpc) is 3.11. The van der Waals surface area contributed by atoms with Gasteiger partial charge in [-0.25, -0.2) is 19.5 Å². The van der Waals surface area contributed by atoms with Gasteiger partial charge in [0.05, 0.1) is 18.5 Å². The van der Waals surface area contributed by atoms with E-state index in [2.05, 4.69) is 19.5 Å². The molecule has 23 heavy (non-hydrogen) atoms. The molecule has 3 rings (SSSR count). The van der Waals surface area contributed by atoms with Gasteiger partial charge in [-0.15, -0.1) is 0 Å². The van der Waals surface area contributed by atoms with Gasteiger partial charge in [0.2, 0.25) is 0 Å². The maximum Gasteiger partial charge on any atom is 0.472 e. The van der Waals surface area contributed by atoms with Crippen molar-refractivity contribution in [2.24, 2.45) is 0 Å². The van der Waals surface area contributed by atoms with Gasteiger partial charge < -0.3 is 19.9 Å². The van der Waals surface area contributed by atoms with E-state index in [-0.39, 0.29) is 12.1 Å². The summed E-state index contributed by atoms with van der Waals surface area (Å²) < 4.78 is 28.6. The molecule has 2 heterocycles. The molecule has 0 aromatic carbocycles. The summed E-state index contributed by atoms with van der Waals surface area (Å²) >= 11 is 0. The van der Waals surface area contributed by atoms with Crippen LogP contribution in [0.5, 0.6) is 0 Å². The van der Waals surface area contributed by atoms with Crippen LogP contribution in [0.3, 0.4) is 0 Å². The summed E-state index contributed by atoms with van der Waals surface area (Å²) in [5.41, 5.74) is 6.92. The predicted octanol–water partition coefficient (Wildman–Crippen LogP) is 0.890. The van der Waals surface area contributed by atoms with Gasteiger partial charge in [-0.3, -0.25) is 9.05 Å². The van der Waals surface area contributed by atoms with Crippen molar-refractivity contribution in [1.82, 2.24) is 19.5 Å². The highest BCUT2D eigenvalue weighted by Gasteiger charge is 2.41. The molecule has 1 fully saturated rings. The molecular formula is C12H18N5O5P.